The topological polar surface area (TPSA) is 157 Å². The number of alkyl halides is 1. The molecule has 0 saturated heterocycles. The van der Waals surface area contributed by atoms with Crippen LogP contribution in [0.5, 0.6) is 0 Å². The van der Waals surface area contributed by atoms with Crippen molar-refractivity contribution in [1.29, 1.82) is 0 Å². The van der Waals surface area contributed by atoms with Gasteiger partial charge in [-0.3, -0.25) is 23.6 Å². The summed E-state index contributed by atoms with van der Waals surface area (Å²) >= 11 is 2.98. The van der Waals surface area contributed by atoms with Crippen molar-refractivity contribution < 1.29 is 47.7 Å². The molecule has 13 heteroatoms. The molecule has 2 aromatic rings. The average molecular weight is 700 g/mol. The molecule has 2 rings (SSSR count). The van der Waals surface area contributed by atoms with Gasteiger partial charge in [-0.05, 0) is 19.1 Å². The fourth-order valence-corrected chi connectivity index (χ4v) is 4.18. The van der Waals surface area contributed by atoms with E-state index in [0.29, 0.717) is 22.6 Å². The smallest absolute Gasteiger partial charge is 0.357 e. The first-order valence-electron chi connectivity index (χ1n) is 14.1. The zero-order chi connectivity index (χ0) is 35.5. The molecular formula is C32H47BrN2O10. The minimum atomic E-state index is -0.845. The summed E-state index contributed by atoms with van der Waals surface area (Å²) in [6.45, 7) is 18.5. The van der Waals surface area contributed by atoms with Crippen LogP contribution in [0.25, 0.3) is 5.65 Å². The van der Waals surface area contributed by atoms with E-state index in [0.717, 1.165) is 0 Å². The van der Waals surface area contributed by atoms with Crippen LogP contribution in [0.2, 0.25) is 0 Å². The van der Waals surface area contributed by atoms with Crippen LogP contribution in [0.15, 0.2) is 18.3 Å². The number of hydrogen-bond donors (Lipinski definition) is 0. The number of pyridine rings is 1. The fraction of sp³-hybridized carbons (Fsp3) is 0.594. The summed E-state index contributed by atoms with van der Waals surface area (Å²) < 4.78 is 20.3. The van der Waals surface area contributed by atoms with Gasteiger partial charge in [0, 0.05) is 22.4 Å². The maximum Gasteiger partial charge on any atom is 0.357 e. The normalized spacial score (nSPS) is 12.0. The van der Waals surface area contributed by atoms with Crippen molar-refractivity contribution in [3.8, 4) is 0 Å². The Morgan fingerprint density at radius 1 is 0.844 bits per heavy atom. The predicted molar refractivity (Wildman–Crippen MR) is 171 cm³/mol. The van der Waals surface area contributed by atoms with Crippen molar-refractivity contribution in [3.63, 3.8) is 0 Å². The highest BCUT2D eigenvalue weighted by atomic mass is 79.9. The molecule has 252 valence electrons. The molecule has 1 atom stereocenters. The predicted octanol–water partition coefficient (Wildman–Crippen LogP) is 5.30. The number of aromatic nitrogens is 2. The van der Waals surface area contributed by atoms with Gasteiger partial charge in [0.1, 0.15) is 17.8 Å². The van der Waals surface area contributed by atoms with Crippen LogP contribution < -0.4 is 0 Å². The highest BCUT2D eigenvalue weighted by Crippen LogP contribution is 2.28. The molecule has 0 radical (unpaired) electrons. The Bertz CT molecular complexity index is 1380. The molecule has 0 spiro atoms. The van der Waals surface area contributed by atoms with Crippen LogP contribution in [-0.4, -0.2) is 77.6 Å². The largest absolute Gasteiger partial charge is 0.469 e. The van der Waals surface area contributed by atoms with E-state index in [9.17, 15) is 28.8 Å². The molecule has 2 aromatic heterocycles. The van der Waals surface area contributed by atoms with Gasteiger partial charge < -0.3 is 18.9 Å². The van der Waals surface area contributed by atoms with Gasteiger partial charge in [-0.15, -0.1) is 0 Å². The number of ether oxygens (including phenoxy) is 4. The van der Waals surface area contributed by atoms with Gasteiger partial charge in [-0.2, -0.15) is 0 Å². The lowest BCUT2D eigenvalue weighted by atomic mass is 9.89. The number of esters is 4. The third-order valence-electron chi connectivity index (χ3n) is 5.98. The average Bonchev–Trinajstić information content (AvgIpc) is 3.36. The van der Waals surface area contributed by atoms with Crippen LogP contribution in [-0.2, 0) is 43.5 Å². The van der Waals surface area contributed by atoms with Gasteiger partial charge in [0.05, 0.1) is 33.6 Å². The van der Waals surface area contributed by atoms with Crippen molar-refractivity contribution in [2.24, 2.45) is 10.8 Å². The molecule has 0 aliphatic rings. The van der Waals surface area contributed by atoms with E-state index in [-0.39, 0.29) is 30.0 Å². The lowest BCUT2D eigenvalue weighted by Crippen LogP contribution is -2.34. The number of carbonyl (C=O) groups is 6. The van der Waals surface area contributed by atoms with Crippen LogP contribution in [0.3, 0.4) is 0 Å². The Morgan fingerprint density at radius 2 is 1.40 bits per heavy atom. The molecule has 0 amide bonds. The van der Waals surface area contributed by atoms with E-state index in [4.69, 9.17) is 9.47 Å². The number of carbonyl (C=O) groups excluding carboxylic acids is 6. The van der Waals surface area contributed by atoms with Crippen molar-refractivity contribution >= 4 is 57.0 Å². The Balaban J connectivity index is 0.000000716. The summed E-state index contributed by atoms with van der Waals surface area (Å²) in [5, 5.41) is 0. The highest BCUT2D eigenvalue weighted by Gasteiger charge is 2.33. The molecular weight excluding hydrogens is 652 g/mol. The van der Waals surface area contributed by atoms with E-state index in [2.05, 4.69) is 30.4 Å². The molecule has 0 N–H and O–H groups in total. The molecule has 45 heavy (non-hydrogen) atoms. The van der Waals surface area contributed by atoms with Gasteiger partial charge in [0.25, 0.3) is 0 Å². The molecule has 0 bridgehead atoms. The Labute approximate surface area is 273 Å². The third kappa shape index (κ3) is 12.4. The second-order valence-electron chi connectivity index (χ2n) is 12.8. The second-order valence-corrected chi connectivity index (χ2v) is 13.7. The maximum absolute atomic E-state index is 12.2. The summed E-state index contributed by atoms with van der Waals surface area (Å²) in [4.78, 5) is 72.0. The number of hydrogen-bond acceptors (Lipinski definition) is 11. The summed E-state index contributed by atoms with van der Waals surface area (Å²) in [6.07, 6.45) is 1.56. The van der Waals surface area contributed by atoms with Gasteiger partial charge in [-0.25, -0.2) is 14.6 Å². The zero-order valence-corrected chi connectivity index (χ0v) is 30.2. The van der Waals surface area contributed by atoms with Gasteiger partial charge in [0.15, 0.2) is 22.0 Å². The molecule has 12 nitrogen and oxygen atoms in total. The minimum Gasteiger partial charge on any atom is -0.469 e. The quantitative estimate of drug-likeness (QED) is 0.160. The SMILES string of the molecule is CCOC(=O)c1cccn2c(C(=O)OC)c(C(C)(C)C)nc12.COC(=O)C(Br)C(=O)C(C)(C)C.COC(=O)CC(=O)C(C)(C)C. The van der Waals surface area contributed by atoms with Crippen LogP contribution in [0.4, 0.5) is 0 Å². The van der Waals surface area contributed by atoms with Crippen molar-refractivity contribution in [3.05, 3.63) is 35.3 Å². The number of methoxy groups -OCH3 is 3. The Kier molecular flexibility index (Phi) is 15.8. The first-order chi connectivity index (χ1) is 20.5. The molecule has 0 aromatic carbocycles. The second kappa shape index (κ2) is 17.2. The van der Waals surface area contributed by atoms with Gasteiger partial charge in [-0.1, -0.05) is 78.2 Å². The van der Waals surface area contributed by atoms with E-state index >= 15 is 0 Å². The Hall–Kier alpha value is -3.61. The standard InChI is InChI=1S/C16H20N2O4.C8H13BrO3.C8H14O3/c1-6-22-14(19)10-8-7-9-18-11(15(20)21-5)12(16(2,3)4)17-13(10)18;1-8(2,3)6(10)5(9)7(11)12-4;1-8(2,3)6(9)5-7(10)11-4/h7-9H,6H2,1-5H3;5H,1-4H3;5H2,1-4H3. The first-order valence-corrected chi connectivity index (χ1v) is 15.0. The third-order valence-corrected chi connectivity index (χ3v) is 6.77. The zero-order valence-electron chi connectivity index (χ0n) is 28.6. The summed E-state index contributed by atoms with van der Waals surface area (Å²) in [5.74, 6) is -2.23. The van der Waals surface area contributed by atoms with E-state index in [1.54, 1.807) is 71.2 Å². The van der Waals surface area contributed by atoms with Crippen LogP contribution in [0, 0.1) is 10.8 Å². The van der Waals surface area contributed by atoms with Crippen LogP contribution >= 0.6 is 15.9 Å². The highest BCUT2D eigenvalue weighted by molar-refractivity contribution is 9.10. The number of halogens is 1. The lowest BCUT2D eigenvalue weighted by Gasteiger charge is -2.18. The number of fused-ring (bicyclic) bond motifs is 1. The van der Waals surface area contributed by atoms with E-state index in [1.807, 2.05) is 20.8 Å². The summed E-state index contributed by atoms with van der Waals surface area (Å²) in [6, 6.07) is 3.31. The minimum absolute atomic E-state index is 0.0932. The lowest BCUT2D eigenvalue weighted by molar-refractivity contribution is -0.146. The van der Waals surface area contributed by atoms with E-state index < -0.39 is 39.5 Å². The summed E-state index contributed by atoms with van der Waals surface area (Å²) in [5.41, 5.74) is 0.279. The molecule has 0 aliphatic carbocycles. The van der Waals surface area contributed by atoms with Gasteiger partial charge in [0.2, 0.25) is 0 Å². The van der Waals surface area contributed by atoms with Crippen molar-refractivity contribution in [1.82, 2.24) is 9.38 Å². The maximum atomic E-state index is 12.2. The first kappa shape index (κ1) is 41.4. The molecule has 2 heterocycles. The fourth-order valence-electron chi connectivity index (χ4n) is 3.31. The van der Waals surface area contributed by atoms with Crippen molar-refractivity contribution in [2.75, 3.05) is 27.9 Å². The molecule has 1 unspecified atom stereocenters. The number of imidazole rings is 1. The van der Waals surface area contributed by atoms with Crippen LogP contribution in [0.1, 0.15) is 102 Å². The van der Waals surface area contributed by atoms with E-state index in [1.165, 1.54) is 21.3 Å². The van der Waals surface area contributed by atoms with Crippen molar-refractivity contribution in [2.45, 2.75) is 85.9 Å². The molecule has 0 fully saturated rings. The monoisotopic (exact) mass is 698 g/mol. The summed E-state index contributed by atoms with van der Waals surface area (Å²) in [7, 11) is 3.86. The number of nitrogens with zero attached hydrogens (tertiary/aromatic N) is 2. The number of Topliss-reactive ketones (excluding diaryl/α,β-unsaturated/α-hetero) is 2. The van der Waals surface area contributed by atoms with Gasteiger partial charge >= 0.3 is 23.9 Å². The molecule has 0 saturated carbocycles. The molecule has 0 aliphatic heterocycles. The number of rotatable bonds is 7. The number of ketones is 2. The Morgan fingerprint density at radius 3 is 1.80 bits per heavy atom.